The van der Waals surface area contributed by atoms with Gasteiger partial charge in [-0.25, -0.2) is 13.2 Å². The zero-order chi connectivity index (χ0) is 24.2. The molecule has 9 nitrogen and oxygen atoms in total. The molecule has 33 heavy (non-hydrogen) atoms. The van der Waals surface area contributed by atoms with Crippen LogP contribution < -0.4 is 5.32 Å². The number of amides is 1. The van der Waals surface area contributed by atoms with Gasteiger partial charge in [-0.2, -0.15) is 4.31 Å². The average molecular weight is 477 g/mol. The summed E-state index contributed by atoms with van der Waals surface area (Å²) in [5.41, 5.74) is 0.132. The highest BCUT2D eigenvalue weighted by atomic mass is 32.2. The lowest BCUT2D eigenvalue weighted by atomic mass is 9.94. The van der Waals surface area contributed by atoms with Crippen molar-refractivity contribution in [3.63, 3.8) is 0 Å². The van der Waals surface area contributed by atoms with Gasteiger partial charge in [-0.05, 0) is 54.7 Å². The molecule has 1 saturated heterocycles. The maximum Gasteiger partial charge on any atom is 0.338 e. The van der Waals surface area contributed by atoms with E-state index in [4.69, 9.17) is 9.15 Å². The molecule has 0 radical (unpaired) electrons. The van der Waals surface area contributed by atoms with E-state index in [1.54, 1.807) is 6.07 Å². The predicted octanol–water partition coefficient (Wildman–Crippen LogP) is 2.62. The lowest BCUT2D eigenvalue weighted by Gasteiger charge is -2.34. The molecule has 1 aliphatic heterocycles. The second-order valence-electron chi connectivity index (χ2n) is 8.47. The van der Waals surface area contributed by atoms with E-state index in [2.05, 4.69) is 5.32 Å². The lowest BCUT2D eigenvalue weighted by molar-refractivity contribution is -0.119. The molecule has 0 saturated carbocycles. The molecule has 1 aromatic heterocycles. The molecular weight excluding hydrogens is 448 g/mol. The van der Waals surface area contributed by atoms with Gasteiger partial charge >= 0.3 is 5.97 Å². The summed E-state index contributed by atoms with van der Waals surface area (Å²) < 4.78 is 37.8. The van der Waals surface area contributed by atoms with Gasteiger partial charge in [-0.15, -0.1) is 0 Å². The fraction of sp³-hybridized carbons (Fsp3) is 0.435. The van der Waals surface area contributed by atoms with Gasteiger partial charge in [-0.1, -0.05) is 13.8 Å². The number of benzene rings is 1. The highest BCUT2D eigenvalue weighted by Gasteiger charge is 2.31. The van der Waals surface area contributed by atoms with Crippen LogP contribution in [0.4, 0.5) is 0 Å². The number of hydrogen-bond acceptors (Lipinski definition) is 7. The molecule has 1 aromatic carbocycles. The maximum absolute atomic E-state index is 12.9. The highest BCUT2D eigenvalue weighted by Crippen LogP contribution is 2.26. The van der Waals surface area contributed by atoms with Crippen LogP contribution in [0.1, 0.15) is 53.9 Å². The molecule has 1 aliphatic rings. The fourth-order valence-corrected chi connectivity index (χ4v) is 5.51. The summed E-state index contributed by atoms with van der Waals surface area (Å²) in [7, 11) is -3.65. The van der Waals surface area contributed by atoms with E-state index in [0.717, 1.165) is 6.42 Å². The van der Waals surface area contributed by atoms with Crippen molar-refractivity contribution in [1.82, 2.24) is 9.62 Å². The Kier molecular flexibility index (Phi) is 7.70. The van der Waals surface area contributed by atoms with Crippen molar-refractivity contribution in [3.05, 3.63) is 53.5 Å². The number of nitrogens with one attached hydrogen (secondary N) is 1. The van der Waals surface area contributed by atoms with E-state index in [9.17, 15) is 22.8 Å². The number of sulfonamides is 1. The number of carbonyl (C=O) groups is 3. The number of furan rings is 1. The van der Waals surface area contributed by atoms with Gasteiger partial charge in [0.05, 0.1) is 17.0 Å². The van der Waals surface area contributed by atoms with Crippen molar-refractivity contribution in [2.75, 3.05) is 19.7 Å². The van der Waals surface area contributed by atoms with Gasteiger partial charge in [0, 0.05) is 20.0 Å². The molecule has 1 N–H and O–H groups in total. The molecule has 3 rings (SSSR count). The van der Waals surface area contributed by atoms with Crippen molar-refractivity contribution < 1.29 is 32.0 Å². The molecule has 0 spiro atoms. The monoisotopic (exact) mass is 476 g/mol. The minimum atomic E-state index is -3.65. The summed E-state index contributed by atoms with van der Waals surface area (Å²) in [5, 5.41) is 2.55. The molecule has 0 bridgehead atoms. The van der Waals surface area contributed by atoms with Crippen molar-refractivity contribution >= 4 is 27.7 Å². The number of Topliss-reactive ketones (excluding diaryl/α,β-unsaturated/α-hetero) is 1. The summed E-state index contributed by atoms with van der Waals surface area (Å²) in [4.78, 5) is 35.6. The van der Waals surface area contributed by atoms with E-state index in [1.807, 2.05) is 13.8 Å². The number of ether oxygens (including phenoxy) is 1. The zero-order valence-corrected chi connectivity index (χ0v) is 19.7. The molecule has 2 heterocycles. The quantitative estimate of drug-likeness (QED) is 0.459. The molecular formula is C23H28N2O7S. The minimum Gasteiger partial charge on any atom is -0.456 e. The van der Waals surface area contributed by atoms with E-state index in [0.29, 0.717) is 18.8 Å². The Morgan fingerprint density at radius 1 is 1.06 bits per heavy atom. The maximum atomic E-state index is 12.9. The van der Waals surface area contributed by atoms with Gasteiger partial charge < -0.3 is 14.5 Å². The third-order valence-corrected chi connectivity index (χ3v) is 7.19. The number of rotatable bonds is 8. The topological polar surface area (TPSA) is 123 Å². The predicted molar refractivity (Wildman–Crippen MR) is 119 cm³/mol. The molecule has 0 aliphatic carbocycles. The Balaban J connectivity index is 1.58. The molecule has 2 aromatic rings. The second kappa shape index (κ2) is 10.3. The first-order valence-electron chi connectivity index (χ1n) is 10.7. The van der Waals surface area contributed by atoms with Crippen LogP contribution in [0.15, 0.2) is 45.7 Å². The van der Waals surface area contributed by atoms with Crippen LogP contribution in [0.25, 0.3) is 0 Å². The minimum absolute atomic E-state index is 0.00887. The first-order chi connectivity index (χ1) is 15.6. The summed E-state index contributed by atoms with van der Waals surface area (Å²) in [6.07, 6.45) is 0.990. The number of nitrogens with zero attached hydrogens (tertiary/aromatic N) is 1. The van der Waals surface area contributed by atoms with Crippen LogP contribution in [0.3, 0.4) is 0 Å². The van der Waals surface area contributed by atoms with Crippen LogP contribution in [0, 0.1) is 11.8 Å². The average Bonchev–Trinajstić information content (AvgIpc) is 3.24. The molecule has 0 unspecified atom stereocenters. The van der Waals surface area contributed by atoms with Crippen LogP contribution in [-0.2, 0) is 26.1 Å². The molecule has 178 valence electrons. The SMILES string of the molecule is CC(=O)NCc1ccc(C(=O)COC(=O)c2ccc(S(=O)(=O)N3C[C@H](C)C[C@H](C)C3)cc2)o1. The van der Waals surface area contributed by atoms with Crippen molar-refractivity contribution in [3.8, 4) is 0 Å². The largest absolute Gasteiger partial charge is 0.456 e. The Labute approximate surface area is 193 Å². The normalized spacial score (nSPS) is 19.1. The lowest BCUT2D eigenvalue weighted by Crippen LogP contribution is -2.42. The molecule has 10 heteroatoms. The van der Waals surface area contributed by atoms with Crippen molar-refractivity contribution in [1.29, 1.82) is 0 Å². The van der Waals surface area contributed by atoms with E-state index in [1.165, 1.54) is 41.6 Å². The summed E-state index contributed by atoms with van der Waals surface area (Å²) in [6.45, 7) is 5.99. The van der Waals surface area contributed by atoms with Gasteiger partial charge in [0.2, 0.25) is 21.7 Å². The Morgan fingerprint density at radius 2 is 1.70 bits per heavy atom. The summed E-state index contributed by atoms with van der Waals surface area (Å²) in [6, 6.07) is 8.48. The van der Waals surface area contributed by atoms with Gasteiger partial charge in [0.15, 0.2) is 12.4 Å². The third-order valence-electron chi connectivity index (χ3n) is 5.35. The van der Waals surface area contributed by atoms with Crippen molar-refractivity contribution in [2.45, 2.75) is 38.6 Å². The number of piperidine rings is 1. The van der Waals surface area contributed by atoms with Crippen LogP contribution in [0.2, 0.25) is 0 Å². The molecule has 1 amide bonds. The van der Waals surface area contributed by atoms with E-state index >= 15 is 0 Å². The first-order valence-corrected chi connectivity index (χ1v) is 12.1. The number of esters is 1. The Morgan fingerprint density at radius 3 is 2.30 bits per heavy atom. The number of hydrogen-bond donors (Lipinski definition) is 1. The Bertz CT molecular complexity index is 1110. The van der Waals surface area contributed by atoms with Crippen LogP contribution in [0.5, 0.6) is 0 Å². The summed E-state index contributed by atoms with van der Waals surface area (Å²) in [5.74, 6) is -0.546. The molecule has 2 atom stereocenters. The smallest absolute Gasteiger partial charge is 0.338 e. The van der Waals surface area contributed by atoms with E-state index in [-0.39, 0.29) is 40.5 Å². The van der Waals surface area contributed by atoms with E-state index < -0.39 is 28.4 Å². The van der Waals surface area contributed by atoms with Crippen LogP contribution >= 0.6 is 0 Å². The van der Waals surface area contributed by atoms with Crippen molar-refractivity contribution in [2.24, 2.45) is 11.8 Å². The van der Waals surface area contributed by atoms with Gasteiger partial charge in [0.1, 0.15) is 5.76 Å². The summed E-state index contributed by atoms with van der Waals surface area (Å²) >= 11 is 0. The standard InChI is InChI=1S/C23H28N2O7S/c1-15-10-16(2)13-25(12-15)33(29,30)20-7-4-18(5-8-20)23(28)31-14-21(27)22-9-6-19(32-22)11-24-17(3)26/h4-9,15-16H,10-14H2,1-3H3,(H,24,26)/t15-,16+. The second-order valence-corrected chi connectivity index (χ2v) is 10.4. The van der Waals surface area contributed by atoms with Crippen LogP contribution in [-0.4, -0.2) is 50.1 Å². The zero-order valence-electron chi connectivity index (χ0n) is 18.9. The number of carbonyl (C=O) groups excluding carboxylic acids is 3. The highest BCUT2D eigenvalue weighted by molar-refractivity contribution is 7.89. The number of ketones is 1. The van der Waals surface area contributed by atoms with Gasteiger partial charge in [0.25, 0.3) is 0 Å². The van der Waals surface area contributed by atoms with Gasteiger partial charge in [-0.3, -0.25) is 9.59 Å². The Hall–Kier alpha value is -2.98. The third kappa shape index (κ3) is 6.29. The fourth-order valence-electron chi connectivity index (χ4n) is 3.83. The molecule has 1 fully saturated rings. The first kappa shape index (κ1) is 24.7.